The van der Waals surface area contributed by atoms with Crippen LogP contribution in [0.4, 0.5) is 0 Å². The lowest BCUT2D eigenvalue weighted by molar-refractivity contribution is 0.139. The Hall–Kier alpha value is -0.120. The number of epoxide rings is 1. The minimum Gasteiger partial charge on any atom is -0.373 e. The maximum absolute atomic E-state index is 5.38. The third-order valence-electron chi connectivity index (χ3n) is 3.63. The summed E-state index contributed by atoms with van der Waals surface area (Å²) in [7, 11) is 0. The second kappa shape index (κ2) is 7.25. The van der Waals surface area contributed by atoms with Gasteiger partial charge in [0, 0.05) is 12.6 Å². The van der Waals surface area contributed by atoms with Gasteiger partial charge in [-0.2, -0.15) is 0 Å². The van der Waals surface area contributed by atoms with Crippen molar-refractivity contribution >= 4 is 0 Å². The van der Waals surface area contributed by atoms with Gasteiger partial charge < -0.3 is 9.64 Å². The highest BCUT2D eigenvalue weighted by atomic mass is 16.6. The van der Waals surface area contributed by atoms with Gasteiger partial charge in [-0.05, 0) is 32.6 Å². The normalized spacial score (nSPS) is 21.8. The SMILES string of the molecule is CCN(CC)CC(CC1CO1)N(CC)CC. The molecule has 1 heterocycles. The summed E-state index contributed by atoms with van der Waals surface area (Å²) in [5.41, 5.74) is 0. The van der Waals surface area contributed by atoms with Crippen LogP contribution in [0.2, 0.25) is 0 Å². The highest BCUT2D eigenvalue weighted by Gasteiger charge is 2.29. The van der Waals surface area contributed by atoms with Gasteiger partial charge in [0.1, 0.15) is 0 Å². The standard InChI is InChI=1S/C13H28N2O/c1-5-14(6-2)10-12(9-13-11-16-13)15(7-3)8-4/h12-13H,5-11H2,1-4H3. The molecule has 1 saturated heterocycles. The van der Waals surface area contributed by atoms with E-state index in [-0.39, 0.29) is 0 Å². The molecule has 1 aliphatic rings. The van der Waals surface area contributed by atoms with Crippen LogP contribution in [0.1, 0.15) is 34.1 Å². The first-order valence-corrected chi connectivity index (χ1v) is 6.83. The summed E-state index contributed by atoms with van der Waals surface area (Å²) < 4.78 is 5.38. The molecule has 96 valence electrons. The summed E-state index contributed by atoms with van der Waals surface area (Å²) in [5, 5.41) is 0. The van der Waals surface area contributed by atoms with E-state index in [0.717, 1.165) is 32.8 Å². The van der Waals surface area contributed by atoms with E-state index < -0.39 is 0 Å². The molecule has 0 aromatic carbocycles. The molecule has 1 aliphatic heterocycles. The lowest BCUT2D eigenvalue weighted by Gasteiger charge is -2.33. The Morgan fingerprint density at radius 2 is 1.62 bits per heavy atom. The molecule has 2 atom stereocenters. The average Bonchev–Trinajstić information content (AvgIpc) is 3.10. The topological polar surface area (TPSA) is 19.0 Å². The minimum absolute atomic E-state index is 0.543. The summed E-state index contributed by atoms with van der Waals surface area (Å²) in [5.74, 6) is 0. The zero-order chi connectivity index (χ0) is 12.0. The van der Waals surface area contributed by atoms with Crippen LogP contribution < -0.4 is 0 Å². The molecule has 3 nitrogen and oxygen atoms in total. The Kier molecular flexibility index (Phi) is 6.32. The van der Waals surface area contributed by atoms with Gasteiger partial charge in [-0.15, -0.1) is 0 Å². The fraction of sp³-hybridized carbons (Fsp3) is 1.00. The van der Waals surface area contributed by atoms with Gasteiger partial charge in [0.05, 0.1) is 12.7 Å². The molecule has 2 unspecified atom stereocenters. The summed E-state index contributed by atoms with van der Waals surface area (Å²) >= 11 is 0. The van der Waals surface area contributed by atoms with Crippen LogP contribution in [-0.2, 0) is 4.74 Å². The average molecular weight is 228 g/mol. The van der Waals surface area contributed by atoms with E-state index >= 15 is 0 Å². The van der Waals surface area contributed by atoms with Crippen molar-refractivity contribution in [3.63, 3.8) is 0 Å². The van der Waals surface area contributed by atoms with E-state index in [1.54, 1.807) is 0 Å². The molecule has 0 aromatic rings. The third kappa shape index (κ3) is 4.40. The van der Waals surface area contributed by atoms with E-state index in [1.165, 1.54) is 13.0 Å². The maximum atomic E-state index is 5.38. The molecule has 0 N–H and O–H groups in total. The van der Waals surface area contributed by atoms with Crippen LogP contribution in [0, 0.1) is 0 Å². The van der Waals surface area contributed by atoms with Crippen LogP contribution in [-0.4, -0.2) is 61.3 Å². The van der Waals surface area contributed by atoms with Crippen molar-refractivity contribution in [2.45, 2.75) is 46.3 Å². The summed E-state index contributed by atoms with van der Waals surface area (Å²) in [4.78, 5) is 5.09. The van der Waals surface area contributed by atoms with Gasteiger partial charge in [0.2, 0.25) is 0 Å². The molecule has 1 fully saturated rings. The third-order valence-corrected chi connectivity index (χ3v) is 3.63. The number of hydrogen-bond acceptors (Lipinski definition) is 3. The Balaban J connectivity index is 2.46. The minimum atomic E-state index is 0.543. The molecule has 0 amide bonds. The molecular formula is C13H28N2O. The van der Waals surface area contributed by atoms with Crippen molar-refractivity contribution in [3.05, 3.63) is 0 Å². The van der Waals surface area contributed by atoms with E-state index in [1.807, 2.05) is 0 Å². The van der Waals surface area contributed by atoms with E-state index in [0.29, 0.717) is 12.1 Å². The molecule has 1 rings (SSSR count). The summed E-state index contributed by atoms with van der Waals surface area (Å²) in [6.07, 6.45) is 1.75. The second-order valence-corrected chi connectivity index (χ2v) is 4.55. The van der Waals surface area contributed by atoms with Gasteiger partial charge in [0.15, 0.2) is 0 Å². The van der Waals surface area contributed by atoms with Crippen LogP contribution >= 0.6 is 0 Å². The molecule has 3 heteroatoms. The van der Waals surface area contributed by atoms with Gasteiger partial charge in [0.25, 0.3) is 0 Å². The fourth-order valence-corrected chi connectivity index (χ4v) is 2.37. The first-order chi connectivity index (χ1) is 7.74. The summed E-state index contributed by atoms with van der Waals surface area (Å²) in [6.45, 7) is 15.8. The zero-order valence-corrected chi connectivity index (χ0v) is 11.4. The van der Waals surface area contributed by atoms with Gasteiger partial charge >= 0.3 is 0 Å². The predicted octanol–water partition coefficient (Wildman–Crippen LogP) is 1.83. The molecule has 0 aliphatic carbocycles. The van der Waals surface area contributed by atoms with Crippen LogP contribution in [0.15, 0.2) is 0 Å². The molecule has 0 saturated carbocycles. The van der Waals surface area contributed by atoms with Crippen molar-refractivity contribution in [2.75, 3.05) is 39.3 Å². The number of rotatable bonds is 9. The Bertz CT molecular complexity index is 175. The highest BCUT2D eigenvalue weighted by Crippen LogP contribution is 2.19. The molecular weight excluding hydrogens is 200 g/mol. The molecule has 0 spiro atoms. The molecule has 16 heavy (non-hydrogen) atoms. The first kappa shape index (κ1) is 13.9. The first-order valence-electron chi connectivity index (χ1n) is 6.83. The van der Waals surface area contributed by atoms with E-state index in [9.17, 15) is 0 Å². The number of ether oxygens (including phenoxy) is 1. The molecule has 0 aromatic heterocycles. The van der Waals surface area contributed by atoms with Crippen LogP contribution in [0.25, 0.3) is 0 Å². The largest absolute Gasteiger partial charge is 0.373 e. The van der Waals surface area contributed by atoms with Crippen molar-refractivity contribution in [1.82, 2.24) is 9.80 Å². The Morgan fingerprint density at radius 3 is 2.00 bits per heavy atom. The van der Waals surface area contributed by atoms with Crippen molar-refractivity contribution in [3.8, 4) is 0 Å². The number of nitrogens with zero attached hydrogens (tertiary/aromatic N) is 2. The van der Waals surface area contributed by atoms with Crippen molar-refractivity contribution in [2.24, 2.45) is 0 Å². The van der Waals surface area contributed by atoms with Gasteiger partial charge in [-0.1, -0.05) is 27.7 Å². The Labute approximate surface area is 101 Å². The molecule has 0 radical (unpaired) electrons. The van der Waals surface area contributed by atoms with Crippen LogP contribution in [0.5, 0.6) is 0 Å². The second-order valence-electron chi connectivity index (χ2n) is 4.55. The van der Waals surface area contributed by atoms with Crippen molar-refractivity contribution in [1.29, 1.82) is 0 Å². The number of hydrogen-bond donors (Lipinski definition) is 0. The summed E-state index contributed by atoms with van der Waals surface area (Å²) in [6, 6.07) is 0.669. The fourth-order valence-electron chi connectivity index (χ4n) is 2.37. The lowest BCUT2D eigenvalue weighted by Crippen LogP contribution is -2.44. The Morgan fingerprint density at radius 1 is 1.06 bits per heavy atom. The molecule has 0 bridgehead atoms. The zero-order valence-electron chi connectivity index (χ0n) is 11.4. The maximum Gasteiger partial charge on any atom is 0.0825 e. The van der Waals surface area contributed by atoms with E-state index in [4.69, 9.17) is 4.74 Å². The smallest absolute Gasteiger partial charge is 0.0825 e. The van der Waals surface area contributed by atoms with Crippen molar-refractivity contribution < 1.29 is 4.74 Å². The van der Waals surface area contributed by atoms with Gasteiger partial charge in [-0.3, -0.25) is 4.90 Å². The van der Waals surface area contributed by atoms with Gasteiger partial charge in [-0.25, -0.2) is 0 Å². The van der Waals surface area contributed by atoms with E-state index in [2.05, 4.69) is 37.5 Å². The quantitative estimate of drug-likeness (QED) is 0.561. The monoisotopic (exact) mass is 228 g/mol. The predicted molar refractivity (Wildman–Crippen MR) is 68.9 cm³/mol. The lowest BCUT2D eigenvalue weighted by atomic mass is 10.1. The highest BCUT2D eigenvalue weighted by molar-refractivity contribution is 4.82. The number of likely N-dealkylation sites (N-methyl/N-ethyl adjacent to an activating group) is 2. The van der Waals surface area contributed by atoms with Crippen LogP contribution in [0.3, 0.4) is 0 Å².